The molecule has 0 bridgehead atoms. The van der Waals surface area contributed by atoms with Crippen LogP contribution in [0.1, 0.15) is 29.3 Å². The third-order valence-corrected chi connectivity index (χ3v) is 4.24. The van der Waals surface area contributed by atoms with Gasteiger partial charge in [-0.15, -0.1) is 0 Å². The maximum Gasteiger partial charge on any atom is 0.317 e. The van der Waals surface area contributed by atoms with Crippen molar-refractivity contribution in [3.63, 3.8) is 0 Å². The van der Waals surface area contributed by atoms with Crippen molar-refractivity contribution < 1.29 is 24.6 Å². The minimum atomic E-state index is -1.57. The molecule has 0 fully saturated rings. The summed E-state index contributed by atoms with van der Waals surface area (Å²) >= 11 is 0. The van der Waals surface area contributed by atoms with Gasteiger partial charge in [-0.1, -0.05) is 36.4 Å². The molecule has 6 N–H and O–H groups in total. The fourth-order valence-corrected chi connectivity index (χ4v) is 2.68. The van der Waals surface area contributed by atoms with E-state index >= 15 is 0 Å². The fraction of sp³-hybridized carbons (Fsp3) is 0.200. The average Bonchev–Trinajstić information content (AvgIpc) is 2.65. The number of benzene rings is 2. The van der Waals surface area contributed by atoms with Gasteiger partial charge in [0.2, 0.25) is 0 Å². The largest absolute Gasteiger partial charge is 0.481 e. The lowest BCUT2D eigenvalue weighted by molar-refractivity contribution is -0.155. The highest BCUT2D eigenvalue weighted by atomic mass is 16.4. The zero-order valence-corrected chi connectivity index (χ0v) is 15.2. The van der Waals surface area contributed by atoms with Crippen molar-refractivity contribution in [1.29, 1.82) is 5.41 Å². The van der Waals surface area contributed by atoms with Gasteiger partial charge >= 0.3 is 11.9 Å². The lowest BCUT2D eigenvalue weighted by atomic mass is 10.00. The van der Waals surface area contributed by atoms with Gasteiger partial charge in [0.15, 0.2) is 5.92 Å². The van der Waals surface area contributed by atoms with Crippen LogP contribution in [0.4, 0.5) is 0 Å². The summed E-state index contributed by atoms with van der Waals surface area (Å²) in [4.78, 5) is 34.2. The predicted octanol–water partition coefficient (Wildman–Crippen LogP) is 1.93. The number of hydrogen-bond acceptors (Lipinski definition) is 4. The summed E-state index contributed by atoms with van der Waals surface area (Å²) in [7, 11) is 0. The molecule has 2 rings (SSSR count). The Hall–Kier alpha value is -3.68. The Balaban J connectivity index is 2.04. The molecule has 28 heavy (non-hydrogen) atoms. The van der Waals surface area contributed by atoms with Crippen LogP contribution in [0, 0.1) is 11.3 Å². The van der Waals surface area contributed by atoms with Crippen molar-refractivity contribution in [2.75, 3.05) is 0 Å². The van der Waals surface area contributed by atoms with Gasteiger partial charge < -0.3 is 21.3 Å². The number of carbonyl (C=O) groups is 3. The van der Waals surface area contributed by atoms with Crippen LogP contribution in [0.5, 0.6) is 0 Å². The molecule has 2 aromatic carbocycles. The van der Waals surface area contributed by atoms with Crippen LogP contribution >= 0.6 is 0 Å². The Kier molecular flexibility index (Phi) is 6.49. The molecule has 0 saturated carbocycles. The third-order valence-electron chi connectivity index (χ3n) is 4.24. The van der Waals surface area contributed by atoms with E-state index in [1.165, 1.54) is 0 Å². The lowest BCUT2D eigenvalue weighted by Crippen LogP contribution is -2.37. The topological polar surface area (TPSA) is 154 Å². The summed E-state index contributed by atoms with van der Waals surface area (Å²) in [5.41, 5.74) is 8.20. The molecule has 8 heteroatoms. The van der Waals surface area contributed by atoms with Crippen molar-refractivity contribution in [2.24, 2.45) is 11.7 Å². The Bertz CT molecular complexity index is 877. The summed E-state index contributed by atoms with van der Waals surface area (Å²) in [6, 6.07) is 13.3. The SMILES string of the molecule is CC(CC(C(=O)O)C(=O)O)NC(=O)c1ccc(-c2ccc(C(=N)N)cc2)cc1. The standard InChI is InChI=1S/C20H21N3O5/c1-11(10-16(19(25)26)20(27)28)23-18(24)15-8-4-13(5-9-15)12-2-6-14(7-3-12)17(21)22/h2-9,11,16H,10H2,1H3,(H3,21,22)(H,23,24)(H,25,26)(H,27,28). The number of carboxylic acids is 2. The van der Waals surface area contributed by atoms with Gasteiger partial charge in [-0.05, 0) is 36.6 Å². The summed E-state index contributed by atoms with van der Waals surface area (Å²) in [6.07, 6.45) is -0.211. The number of aliphatic carboxylic acids is 2. The second kappa shape index (κ2) is 8.81. The number of hydrogen-bond donors (Lipinski definition) is 5. The van der Waals surface area contributed by atoms with Crippen LogP contribution in [0.15, 0.2) is 48.5 Å². The molecule has 8 nitrogen and oxygen atoms in total. The summed E-state index contributed by atoms with van der Waals surface area (Å²) < 4.78 is 0. The molecule has 2 aromatic rings. The third kappa shape index (κ3) is 5.16. The number of carbonyl (C=O) groups excluding carboxylic acids is 1. The molecule has 1 atom stereocenters. The fourth-order valence-electron chi connectivity index (χ4n) is 2.68. The predicted molar refractivity (Wildman–Crippen MR) is 103 cm³/mol. The van der Waals surface area contributed by atoms with Crippen molar-refractivity contribution in [3.05, 3.63) is 59.7 Å². The molecular formula is C20H21N3O5. The molecule has 0 radical (unpaired) electrons. The number of carboxylic acid groups (broad SMARTS) is 2. The highest BCUT2D eigenvalue weighted by Crippen LogP contribution is 2.20. The first-order chi connectivity index (χ1) is 13.2. The van der Waals surface area contributed by atoms with Crippen molar-refractivity contribution in [2.45, 2.75) is 19.4 Å². The zero-order chi connectivity index (χ0) is 20.8. The van der Waals surface area contributed by atoms with Gasteiger partial charge in [0.1, 0.15) is 5.84 Å². The van der Waals surface area contributed by atoms with Crippen LogP contribution in [0.3, 0.4) is 0 Å². The van der Waals surface area contributed by atoms with E-state index in [0.717, 1.165) is 11.1 Å². The van der Waals surface area contributed by atoms with Gasteiger partial charge in [0.05, 0.1) is 0 Å². The Morgan fingerprint density at radius 2 is 1.36 bits per heavy atom. The van der Waals surface area contributed by atoms with Crippen molar-refractivity contribution in [1.82, 2.24) is 5.32 Å². The molecule has 0 aliphatic carbocycles. The van der Waals surface area contributed by atoms with Crippen LogP contribution in [-0.2, 0) is 9.59 Å². The monoisotopic (exact) mass is 383 g/mol. The van der Waals surface area contributed by atoms with E-state index in [2.05, 4.69) is 5.32 Å². The van der Waals surface area contributed by atoms with Crippen LogP contribution in [0.2, 0.25) is 0 Å². The van der Waals surface area contributed by atoms with E-state index in [-0.39, 0.29) is 12.3 Å². The van der Waals surface area contributed by atoms with Crippen LogP contribution in [-0.4, -0.2) is 39.9 Å². The normalized spacial score (nSPS) is 11.6. The lowest BCUT2D eigenvalue weighted by Gasteiger charge is -2.16. The molecule has 0 aliphatic rings. The maximum absolute atomic E-state index is 12.3. The quantitative estimate of drug-likeness (QED) is 0.267. The van der Waals surface area contributed by atoms with Gasteiger partial charge in [0.25, 0.3) is 5.91 Å². The zero-order valence-electron chi connectivity index (χ0n) is 15.2. The smallest absolute Gasteiger partial charge is 0.317 e. The maximum atomic E-state index is 12.3. The molecule has 146 valence electrons. The number of amidine groups is 1. The van der Waals surface area contributed by atoms with E-state index in [1.54, 1.807) is 43.3 Å². The Labute approximate surface area is 161 Å². The Morgan fingerprint density at radius 1 is 0.929 bits per heavy atom. The van der Waals surface area contributed by atoms with Crippen molar-refractivity contribution in [3.8, 4) is 11.1 Å². The summed E-state index contributed by atoms with van der Waals surface area (Å²) in [6.45, 7) is 1.56. The van der Waals surface area contributed by atoms with Gasteiger partial charge in [0, 0.05) is 17.2 Å². The minimum absolute atomic E-state index is 0.0132. The first kappa shape index (κ1) is 20.6. The Morgan fingerprint density at radius 3 is 1.75 bits per heavy atom. The molecule has 0 heterocycles. The summed E-state index contributed by atoms with van der Waals surface area (Å²) in [5, 5.41) is 27.8. The van der Waals surface area contributed by atoms with Gasteiger partial charge in [-0.2, -0.15) is 0 Å². The van der Waals surface area contributed by atoms with Gasteiger partial charge in [-0.3, -0.25) is 19.8 Å². The molecule has 1 amide bonds. The minimum Gasteiger partial charge on any atom is -0.481 e. The second-order valence-corrected chi connectivity index (χ2v) is 6.41. The molecule has 0 spiro atoms. The highest BCUT2D eigenvalue weighted by molar-refractivity contribution is 5.96. The number of nitrogens with two attached hydrogens (primary N) is 1. The van der Waals surface area contributed by atoms with Gasteiger partial charge in [-0.25, -0.2) is 0 Å². The average molecular weight is 383 g/mol. The molecular weight excluding hydrogens is 362 g/mol. The number of nitrogens with one attached hydrogen (secondary N) is 2. The molecule has 0 aromatic heterocycles. The summed E-state index contributed by atoms with van der Waals surface area (Å²) in [5.74, 6) is -4.88. The van der Waals surface area contributed by atoms with Crippen molar-refractivity contribution >= 4 is 23.7 Å². The first-order valence-electron chi connectivity index (χ1n) is 8.50. The van der Waals surface area contributed by atoms with E-state index in [0.29, 0.717) is 11.1 Å². The van der Waals surface area contributed by atoms with E-state index in [1.807, 2.05) is 12.1 Å². The molecule has 0 aliphatic heterocycles. The van der Waals surface area contributed by atoms with E-state index < -0.39 is 29.8 Å². The number of amides is 1. The molecule has 0 saturated heterocycles. The number of nitrogen functional groups attached to an aromatic ring is 1. The second-order valence-electron chi connectivity index (χ2n) is 6.41. The van der Waals surface area contributed by atoms with E-state index in [9.17, 15) is 14.4 Å². The van der Waals surface area contributed by atoms with Crippen LogP contribution in [0.25, 0.3) is 11.1 Å². The number of rotatable bonds is 8. The highest BCUT2D eigenvalue weighted by Gasteiger charge is 2.28. The first-order valence-corrected chi connectivity index (χ1v) is 8.50. The van der Waals surface area contributed by atoms with Crippen LogP contribution < -0.4 is 11.1 Å². The molecule has 1 unspecified atom stereocenters. The van der Waals surface area contributed by atoms with E-state index in [4.69, 9.17) is 21.4 Å².